The molecule has 0 aliphatic heterocycles. The number of benzene rings is 1. The molecule has 0 radical (unpaired) electrons. The number of nitrogens with zero attached hydrogens (tertiary/aromatic N) is 4. The number of halogens is 3. The first-order valence-corrected chi connectivity index (χ1v) is 8.83. The lowest BCUT2D eigenvalue weighted by atomic mass is 10.1. The Hall–Kier alpha value is -3.37. The van der Waals surface area contributed by atoms with Gasteiger partial charge in [0.2, 0.25) is 5.91 Å². The molecule has 0 fully saturated rings. The smallest absolute Gasteiger partial charge is 0.406 e. The molecule has 3 aromatic rings. The number of aryl methyl sites for hydroxylation is 2. The third kappa shape index (κ3) is 6.06. The standard InChI is InChI=1S/C18H19F3N6O2/c1-12-10-15(27-17(26-12)24-11-25-27)22-8-9-23-16(28)7-4-13-2-5-14(6-3-13)29-18(19,20)21/h2-3,5-6,10-11,22H,4,7-9H2,1H3,(H,23,28). The Morgan fingerprint density at radius 3 is 2.69 bits per heavy atom. The van der Waals surface area contributed by atoms with Gasteiger partial charge in [-0.15, -0.1) is 13.2 Å². The van der Waals surface area contributed by atoms with Gasteiger partial charge in [0.25, 0.3) is 5.78 Å². The quantitative estimate of drug-likeness (QED) is 0.557. The van der Waals surface area contributed by atoms with Crippen LogP contribution in [0.5, 0.6) is 5.75 Å². The third-order valence-electron chi connectivity index (χ3n) is 3.93. The molecule has 2 heterocycles. The van der Waals surface area contributed by atoms with Crippen LogP contribution >= 0.6 is 0 Å². The minimum Gasteiger partial charge on any atom is -0.406 e. The van der Waals surface area contributed by atoms with Crippen LogP contribution in [0.15, 0.2) is 36.7 Å². The Morgan fingerprint density at radius 1 is 1.21 bits per heavy atom. The highest BCUT2D eigenvalue weighted by atomic mass is 19.4. The highest BCUT2D eigenvalue weighted by Crippen LogP contribution is 2.23. The molecule has 0 aliphatic carbocycles. The normalized spacial score (nSPS) is 11.4. The molecule has 11 heteroatoms. The van der Waals surface area contributed by atoms with Gasteiger partial charge < -0.3 is 15.4 Å². The molecule has 8 nitrogen and oxygen atoms in total. The van der Waals surface area contributed by atoms with E-state index >= 15 is 0 Å². The number of fused-ring (bicyclic) bond motifs is 1. The van der Waals surface area contributed by atoms with Gasteiger partial charge in [-0.1, -0.05) is 12.1 Å². The predicted octanol–water partition coefficient (Wildman–Crippen LogP) is 2.49. The molecule has 0 aliphatic rings. The summed E-state index contributed by atoms with van der Waals surface area (Å²) in [6, 6.07) is 7.30. The van der Waals surface area contributed by atoms with Crippen molar-refractivity contribution < 1.29 is 22.7 Å². The predicted molar refractivity (Wildman–Crippen MR) is 98.5 cm³/mol. The van der Waals surface area contributed by atoms with E-state index < -0.39 is 6.36 Å². The second-order valence-electron chi connectivity index (χ2n) is 6.22. The molecule has 0 spiro atoms. The summed E-state index contributed by atoms with van der Waals surface area (Å²) in [5.41, 5.74) is 1.54. The van der Waals surface area contributed by atoms with E-state index in [1.54, 1.807) is 4.52 Å². The average molecular weight is 408 g/mol. The summed E-state index contributed by atoms with van der Waals surface area (Å²) in [7, 11) is 0. The number of amides is 1. The maximum atomic E-state index is 12.1. The molecule has 0 saturated carbocycles. The van der Waals surface area contributed by atoms with Crippen molar-refractivity contribution in [1.29, 1.82) is 0 Å². The maximum absolute atomic E-state index is 12.1. The minimum atomic E-state index is -4.72. The zero-order valence-corrected chi connectivity index (χ0v) is 15.5. The molecule has 2 N–H and O–H groups in total. The third-order valence-corrected chi connectivity index (χ3v) is 3.93. The van der Waals surface area contributed by atoms with Crippen LogP contribution in [0.2, 0.25) is 0 Å². The number of rotatable bonds is 8. The fraction of sp³-hybridized carbons (Fsp3) is 0.333. The van der Waals surface area contributed by atoms with Gasteiger partial charge in [0.05, 0.1) is 0 Å². The number of carbonyl (C=O) groups is 1. The van der Waals surface area contributed by atoms with E-state index in [1.807, 2.05) is 13.0 Å². The van der Waals surface area contributed by atoms with Crippen molar-refractivity contribution in [2.24, 2.45) is 0 Å². The number of alkyl halides is 3. The van der Waals surface area contributed by atoms with Crippen molar-refractivity contribution in [2.45, 2.75) is 26.1 Å². The zero-order valence-electron chi connectivity index (χ0n) is 15.5. The first-order chi connectivity index (χ1) is 13.8. The maximum Gasteiger partial charge on any atom is 0.573 e. The van der Waals surface area contributed by atoms with E-state index in [9.17, 15) is 18.0 Å². The van der Waals surface area contributed by atoms with Crippen LogP contribution < -0.4 is 15.4 Å². The molecule has 0 atom stereocenters. The molecule has 2 aromatic heterocycles. The first-order valence-electron chi connectivity index (χ1n) is 8.83. The Kier molecular flexibility index (Phi) is 6.15. The second-order valence-corrected chi connectivity index (χ2v) is 6.22. The van der Waals surface area contributed by atoms with E-state index in [0.717, 1.165) is 17.1 Å². The fourth-order valence-corrected chi connectivity index (χ4v) is 2.65. The summed E-state index contributed by atoms with van der Waals surface area (Å²) in [4.78, 5) is 20.2. The molecule has 1 amide bonds. The molecule has 0 bridgehead atoms. The van der Waals surface area contributed by atoms with Crippen LogP contribution in [0.4, 0.5) is 19.0 Å². The Morgan fingerprint density at radius 2 is 1.97 bits per heavy atom. The van der Waals surface area contributed by atoms with E-state index in [-0.39, 0.29) is 18.1 Å². The van der Waals surface area contributed by atoms with E-state index in [0.29, 0.717) is 25.3 Å². The summed E-state index contributed by atoms with van der Waals surface area (Å²) in [5, 5.41) is 10.0. The highest BCUT2D eigenvalue weighted by molar-refractivity contribution is 5.76. The largest absolute Gasteiger partial charge is 0.573 e. The monoisotopic (exact) mass is 408 g/mol. The lowest BCUT2D eigenvalue weighted by Crippen LogP contribution is -2.29. The van der Waals surface area contributed by atoms with Gasteiger partial charge in [-0.2, -0.15) is 14.6 Å². The number of ether oxygens (including phenoxy) is 1. The lowest BCUT2D eigenvalue weighted by Gasteiger charge is -2.10. The van der Waals surface area contributed by atoms with E-state index in [4.69, 9.17) is 0 Å². The molecular weight excluding hydrogens is 389 g/mol. The Bertz CT molecular complexity index is 972. The van der Waals surface area contributed by atoms with Crippen LogP contribution in [0.3, 0.4) is 0 Å². The van der Waals surface area contributed by atoms with Crippen molar-refractivity contribution in [3.05, 3.63) is 47.9 Å². The van der Waals surface area contributed by atoms with E-state index in [2.05, 4.69) is 30.4 Å². The lowest BCUT2D eigenvalue weighted by molar-refractivity contribution is -0.274. The Labute approximate surface area is 164 Å². The molecule has 0 saturated heterocycles. The number of hydrogen-bond donors (Lipinski definition) is 2. The Balaban J connectivity index is 1.39. The van der Waals surface area contributed by atoms with Crippen molar-refractivity contribution in [3.8, 4) is 5.75 Å². The number of aromatic nitrogens is 4. The van der Waals surface area contributed by atoms with Crippen LogP contribution in [-0.4, -0.2) is 44.9 Å². The topological polar surface area (TPSA) is 93.4 Å². The summed E-state index contributed by atoms with van der Waals surface area (Å²) in [6.07, 6.45) is -2.67. The van der Waals surface area contributed by atoms with Gasteiger partial charge in [0, 0.05) is 31.3 Å². The van der Waals surface area contributed by atoms with Gasteiger partial charge in [0.15, 0.2) is 0 Å². The fourth-order valence-electron chi connectivity index (χ4n) is 2.65. The van der Waals surface area contributed by atoms with Crippen LogP contribution in [0.1, 0.15) is 17.7 Å². The molecule has 3 rings (SSSR count). The molecule has 0 unspecified atom stereocenters. The van der Waals surface area contributed by atoms with Gasteiger partial charge in [-0.3, -0.25) is 4.79 Å². The number of hydrogen-bond acceptors (Lipinski definition) is 6. The van der Waals surface area contributed by atoms with Crippen molar-refractivity contribution in [1.82, 2.24) is 24.9 Å². The summed E-state index contributed by atoms with van der Waals surface area (Å²) < 4.78 is 41.8. The summed E-state index contributed by atoms with van der Waals surface area (Å²) in [6.45, 7) is 2.73. The first kappa shape index (κ1) is 20.4. The van der Waals surface area contributed by atoms with Crippen molar-refractivity contribution in [3.63, 3.8) is 0 Å². The summed E-state index contributed by atoms with van der Waals surface area (Å²) in [5.74, 6) is 0.771. The van der Waals surface area contributed by atoms with E-state index in [1.165, 1.54) is 30.6 Å². The molecular formula is C18H19F3N6O2. The second kappa shape index (κ2) is 8.76. The minimum absolute atomic E-state index is 0.153. The molecule has 29 heavy (non-hydrogen) atoms. The number of carbonyl (C=O) groups excluding carboxylic acids is 1. The zero-order chi connectivity index (χ0) is 20.9. The summed E-state index contributed by atoms with van der Waals surface area (Å²) >= 11 is 0. The number of nitrogens with one attached hydrogen (secondary N) is 2. The average Bonchev–Trinajstić information content (AvgIpc) is 3.11. The van der Waals surface area contributed by atoms with Crippen molar-refractivity contribution in [2.75, 3.05) is 18.4 Å². The van der Waals surface area contributed by atoms with Crippen LogP contribution in [0, 0.1) is 6.92 Å². The van der Waals surface area contributed by atoms with Gasteiger partial charge >= 0.3 is 6.36 Å². The highest BCUT2D eigenvalue weighted by Gasteiger charge is 2.30. The number of anilines is 1. The van der Waals surface area contributed by atoms with Gasteiger partial charge in [-0.25, -0.2) is 4.98 Å². The van der Waals surface area contributed by atoms with Crippen molar-refractivity contribution >= 4 is 17.5 Å². The molecule has 154 valence electrons. The molecule has 1 aromatic carbocycles. The van der Waals surface area contributed by atoms with Crippen LogP contribution in [-0.2, 0) is 11.2 Å². The van der Waals surface area contributed by atoms with Gasteiger partial charge in [-0.05, 0) is 31.0 Å². The van der Waals surface area contributed by atoms with Gasteiger partial charge in [0.1, 0.15) is 17.9 Å². The SMILES string of the molecule is Cc1cc(NCCNC(=O)CCc2ccc(OC(F)(F)F)cc2)n2ncnc2n1. The van der Waals surface area contributed by atoms with Crippen LogP contribution in [0.25, 0.3) is 5.78 Å².